The molecule has 0 unspecified atom stereocenters. The van der Waals surface area contributed by atoms with Crippen molar-refractivity contribution in [3.8, 4) is 11.1 Å². The van der Waals surface area contributed by atoms with E-state index >= 15 is 0 Å². The molecular formula is C24H16N2O2. The molecule has 1 aliphatic carbocycles. The molecule has 28 heavy (non-hydrogen) atoms. The van der Waals surface area contributed by atoms with Gasteiger partial charge < -0.3 is 15.7 Å². The molecule has 1 spiro atoms. The highest BCUT2D eigenvalue weighted by molar-refractivity contribution is 6.08. The van der Waals surface area contributed by atoms with Crippen LogP contribution in [0.4, 0.5) is 11.4 Å². The second kappa shape index (κ2) is 5.14. The monoisotopic (exact) mass is 364 g/mol. The lowest BCUT2D eigenvalue weighted by Crippen LogP contribution is -2.44. The van der Waals surface area contributed by atoms with E-state index in [2.05, 4.69) is 41.0 Å². The molecule has 0 radical (unpaired) electrons. The standard InChI is InChI=1S/C24H16N2O2/c27-23(28)16-9-5-11-18-22(16)15-8-1-2-10-17(15)24(18)25-19-12-3-6-14-7-4-13-20(26-24)21(14)19/h1-13,25-26H,(H,27,28). The Kier molecular flexibility index (Phi) is 2.80. The maximum atomic E-state index is 12.0. The zero-order valence-electron chi connectivity index (χ0n) is 14.9. The molecule has 3 N–H and O–H groups in total. The highest BCUT2D eigenvalue weighted by Crippen LogP contribution is 2.53. The van der Waals surface area contributed by atoms with Crippen LogP contribution in [0.15, 0.2) is 78.9 Å². The van der Waals surface area contributed by atoms with Crippen molar-refractivity contribution in [1.29, 1.82) is 0 Å². The van der Waals surface area contributed by atoms with E-state index in [-0.39, 0.29) is 0 Å². The number of carboxylic acid groups (broad SMARTS) is 1. The Labute approximate surface area is 161 Å². The first kappa shape index (κ1) is 15.3. The minimum absolute atomic E-state index is 0.322. The fourth-order valence-electron chi connectivity index (χ4n) is 4.76. The Morgan fingerprint density at radius 3 is 2.11 bits per heavy atom. The summed E-state index contributed by atoms with van der Waals surface area (Å²) in [5, 5.41) is 19.5. The van der Waals surface area contributed by atoms with E-state index in [4.69, 9.17) is 0 Å². The third kappa shape index (κ3) is 1.77. The van der Waals surface area contributed by atoms with E-state index < -0.39 is 11.6 Å². The molecule has 134 valence electrons. The predicted molar refractivity (Wildman–Crippen MR) is 111 cm³/mol. The number of hydrogen-bond acceptors (Lipinski definition) is 3. The minimum atomic E-state index is -0.915. The Morgan fingerprint density at radius 2 is 1.39 bits per heavy atom. The highest BCUT2D eigenvalue weighted by atomic mass is 16.4. The molecular weight excluding hydrogens is 348 g/mol. The van der Waals surface area contributed by atoms with E-state index in [0.29, 0.717) is 5.56 Å². The van der Waals surface area contributed by atoms with Gasteiger partial charge in [-0.25, -0.2) is 4.79 Å². The van der Waals surface area contributed by atoms with Crippen LogP contribution in [0.5, 0.6) is 0 Å². The summed E-state index contributed by atoms with van der Waals surface area (Å²) in [6.45, 7) is 0. The lowest BCUT2D eigenvalue weighted by molar-refractivity contribution is 0.0697. The maximum Gasteiger partial charge on any atom is 0.336 e. The quantitative estimate of drug-likeness (QED) is 0.431. The third-order valence-electron chi connectivity index (χ3n) is 5.85. The summed E-state index contributed by atoms with van der Waals surface area (Å²) in [4.78, 5) is 12.0. The first-order valence-corrected chi connectivity index (χ1v) is 9.24. The molecule has 0 saturated carbocycles. The molecule has 0 amide bonds. The third-order valence-corrected chi connectivity index (χ3v) is 5.85. The Bertz CT molecular complexity index is 1270. The number of nitrogens with one attached hydrogen (secondary N) is 2. The van der Waals surface area contributed by atoms with Gasteiger partial charge in [0, 0.05) is 33.5 Å². The zero-order chi connectivity index (χ0) is 18.9. The van der Waals surface area contributed by atoms with Crippen molar-refractivity contribution in [1.82, 2.24) is 0 Å². The van der Waals surface area contributed by atoms with Gasteiger partial charge in [0.1, 0.15) is 0 Å². The molecule has 4 nitrogen and oxygen atoms in total. The maximum absolute atomic E-state index is 12.0. The van der Waals surface area contributed by atoms with Crippen LogP contribution in [0.1, 0.15) is 21.5 Å². The van der Waals surface area contributed by atoms with Crippen LogP contribution in [0, 0.1) is 0 Å². The van der Waals surface area contributed by atoms with Crippen LogP contribution >= 0.6 is 0 Å². The minimum Gasteiger partial charge on any atom is -0.478 e. The summed E-state index contributed by atoms with van der Waals surface area (Å²) < 4.78 is 0. The van der Waals surface area contributed by atoms with E-state index in [0.717, 1.165) is 44.4 Å². The molecule has 0 saturated heterocycles. The van der Waals surface area contributed by atoms with Gasteiger partial charge in [-0.2, -0.15) is 0 Å². The average Bonchev–Trinajstić information content (AvgIpc) is 2.98. The van der Waals surface area contributed by atoms with Crippen molar-refractivity contribution in [2.75, 3.05) is 10.6 Å². The van der Waals surface area contributed by atoms with Gasteiger partial charge in [-0.1, -0.05) is 60.7 Å². The Morgan fingerprint density at radius 1 is 0.750 bits per heavy atom. The van der Waals surface area contributed by atoms with E-state index in [1.165, 1.54) is 0 Å². The van der Waals surface area contributed by atoms with Gasteiger partial charge in [-0.05, 0) is 29.1 Å². The van der Waals surface area contributed by atoms with Crippen molar-refractivity contribution in [2.45, 2.75) is 5.66 Å². The summed E-state index contributed by atoms with van der Waals surface area (Å²) in [5.41, 5.74) is 5.37. The Hall–Kier alpha value is -3.79. The smallest absolute Gasteiger partial charge is 0.336 e. The highest BCUT2D eigenvalue weighted by Gasteiger charge is 2.47. The van der Waals surface area contributed by atoms with Gasteiger partial charge in [0.15, 0.2) is 5.66 Å². The number of rotatable bonds is 1. The first-order valence-electron chi connectivity index (χ1n) is 9.24. The molecule has 0 aromatic heterocycles. The lowest BCUT2D eigenvalue weighted by Gasteiger charge is -2.40. The fraction of sp³-hybridized carbons (Fsp3) is 0.0417. The van der Waals surface area contributed by atoms with Crippen molar-refractivity contribution in [3.05, 3.63) is 95.6 Å². The summed E-state index contributed by atoms with van der Waals surface area (Å²) in [7, 11) is 0. The van der Waals surface area contributed by atoms with E-state index in [1.54, 1.807) is 6.07 Å². The van der Waals surface area contributed by atoms with E-state index in [9.17, 15) is 9.90 Å². The van der Waals surface area contributed by atoms with Gasteiger partial charge in [-0.15, -0.1) is 0 Å². The number of aromatic carboxylic acids is 1. The topological polar surface area (TPSA) is 61.4 Å². The number of fused-ring (bicyclic) bond motifs is 5. The van der Waals surface area contributed by atoms with Crippen LogP contribution in [0.3, 0.4) is 0 Å². The van der Waals surface area contributed by atoms with Crippen LogP contribution in [0.25, 0.3) is 21.9 Å². The normalized spacial score (nSPS) is 14.9. The number of carbonyl (C=O) groups is 1. The molecule has 6 rings (SSSR count). The van der Waals surface area contributed by atoms with Gasteiger partial charge in [0.25, 0.3) is 0 Å². The van der Waals surface area contributed by atoms with Crippen molar-refractivity contribution >= 4 is 28.1 Å². The number of benzene rings is 4. The second-order valence-electron chi connectivity index (χ2n) is 7.29. The summed E-state index contributed by atoms with van der Waals surface area (Å²) in [6, 6.07) is 26.0. The van der Waals surface area contributed by atoms with Crippen molar-refractivity contribution < 1.29 is 9.90 Å². The first-order chi connectivity index (χ1) is 13.7. The van der Waals surface area contributed by atoms with Crippen LogP contribution in [-0.4, -0.2) is 11.1 Å². The number of hydrogen-bond donors (Lipinski definition) is 3. The lowest BCUT2D eigenvalue weighted by atomic mass is 9.91. The molecule has 1 aliphatic heterocycles. The largest absolute Gasteiger partial charge is 0.478 e. The van der Waals surface area contributed by atoms with Crippen molar-refractivity contribution in [3.63, 3.8) is 0 Å². The molecule has 0 atom stereocenters. The molecule has 4 heteroatoms. The number of carboxylic acids is 1. The van der Waals surface area contributed by atoms with Gasteiger partial charge in [0.05, 0.1) is 5.56 Å². The van der Waals surface area contributed by atoms with Gasteiger partial charge in [-0.3, -0.25) is 0 Å². The molecule has 2 aliphatic rings. The average molecular weight is 364 g/mol. The SMILES string of the molecule is O=C(O)c1cccc2c1-c1ccccc1C21Nc2cccc3cccc(c23)N1. The van der Waals surface area contributed by atoms with Gasteiger partial charge in [0.2, 0.25) is 0 Å². The van der Waals surface area contributed by atoms with Gasteiger partial charge >= 0.3 is 5.97 Å². The molecule has 0 fully saturated rings. The summed E-state index contributed by atoms with van der Waals surface area (Å²) in [6.07, 6.45) is 0. The second-order valence-corrected chi connectivity index (χ2v) is 7.29. The Balaban J connectivity index is 1.70. The zero-order valence-corrected chi connectivity index (χ0v) is 14.9. The predicted octanol–water partition coefficient (Wildman–Crippen LogP) is 5.26. The van der Waals surface area contributed by atoms with Crippen molar-refractivity contribution in [2.24, 2.45) is 0 Å². The van der Waals surface area contributed by atoms with Crippen LogP contribution in [-0.2, 0) is 5.66 Å². The molecule has 0 bridgehead atoms. The van der Waals surface area contributed by atoms with E-state index in [1.807, 2.05) is 42.5 Å². The van der Waals surface area contributed by atoms with Crippen LogP contribution in [0.2, 0.25) is 0 Å². The fourth-order valence-corrected chi connectivity index (χ4v) is 4.76. The number of anilines is 2. The van der Waals surface area contributed by atoms with Crippen LogP contribution < -0.4 is 10.6 Å². The molecule has 1 heterocycles. The molecule has 4 aromatic rings. The molecule has 4 aromatic carbocycles. The summed E-state index contributed by atoms with van der Waals surface area (Å²) in [5.74, 6) is -0.915. The summed E-state index contributed by atoms with van der Waals surface area (Å²) >= 11 is 0.